The summed E-state index contributed by atoms with van der Waals surface area (Å²) in [4.78, 5) is 23.8. The second-order valence-corrected chi connectivity index (χ2v) is 3.70. The van der Waals surface area contributed by atoms with Crippen LogP contribution in [0.1, 0.15) is 19.8 Å². The van der Waals surface area contributed by atoms with Crippen molar-refractivity contribution in [2.45, 2.75) is 25.4 Å². The van der Waals surface area contributed by atoms with Crippen molar-refractivity contribution >= 4 is 11.9 Å². The molecule has 0 aromatic rings. The molecule has 5 nitrogen and oxygen atoms in total. The number of ether oxygens (including phenoxy) is 1. The van der Waals surface area contributed by atoms with Gasteiger partial charge in [0.2, 0.25) is 5.60 Å². The zero-order valence-corrected chi connectivity index (χ0v) is 8.45. The molecule has 1 heterocycles. The maximum Gasteiger partial charge on any atom is 0.348 e. The zero-order valence-electron chi connectivity index (χ0n) is 8.45. The predicted octanol–water partition coefficient (Wildman–Crippen LogP) is 0.0985. The lowest BCUT2D eigenvalue weighted by atomic mass is 9.91. The second-order valence-electron chi connectivity index (χ2n) is 3.70. The monoisotopic (exact) mass is 201 g/mol. The van der Waals surface area contributed by atoms with Gasteiger partial charge in [0.1, 0.15) is 0 Å². The highest BCUT2D eigenvalue weighted by atomic mass is 16.6. The Morgan fingerprint density at radius 2 is 1.86 bits per heavy atom. The van der Waals surface area contributed by atoms with Crippen LogP contribution in [0, 0.1) is 0 Å². The van der Waals surface area contributed by atoms with Crippen LogP contribution in [-0.2, 0) is 14.3 Å². The van der Waals surface area contributed by atoms with Crippen LogP contribution in [0.15, 0.2) is 0 Å². The topological polar surface area (TPSA) is 66.8 Å². The minimum absolute atomic E-state index is 0.360. The Bertz CT molecular complexity index is 243. The van der Waals surface area contributed by atoms with E-state index in [1.807, 2.05) is 11.9 Å². The van der Waals surface area contributed by atoms with E-state index in [9.17, 15) is 9.59 Å². The number of rotatable bonds is 2. The molecule has 0 aliphatic carbocycles. The second kappa shape index (κ2) is 3.96. The molecule has 14 heavy (non-hydrogen) atoms. The fraction of sp³-hybridized carbons (Fsp3) is 0.778. The van der Waals surface area contributed by atoms with Gasteiger partial charge in [0.05, 0.1) is 0 Å². The van der Waals surface area contributed by atoms with Crippen LogP contribution in [-0.4, -0.2) is 47.7 Å². The summed E-state index contributed by atoms with van der Waals surface area (Å²) in [5.74, 6) is -1.57. The Balaban J connectivity index is 2.73. The molecule has 1 saturated heterocycles. The van der Waals surface area contributed by atoms with E-state index in [0.717, 1.165) is 0 Å². The number of aliphatic carboxylic acids is 1. The van der Waals surface area contributed by atoms with Crippen LogP contribution >= 0.6 is 0 Å². The molecule has 0 saturated carbocycles. The summed E-state index contributed by atoms with van der Waals surface area (Å²) in [6, 6.07) is 0. The minimum Gasteiger partial charge on any atom is -0.478 e. The van der Waals surface area contributed by atoms with E-state index in [4.69, 9.17) is 9.84 Å². The number of likely N-dealkylation sites (tertiary alicyclic amines) is 1. The van der Waals surface area contributed by atoms with Crippen LogP contribution in [0.25, 0.3) is 0 Å². The van der Waals surface area contributed by atoms with E-state index in [0.29, 0.717) is 25.9 Å². The maximum absolute atomic E-state index is 11.0. The summed E-state index contributed by atoms with van der Waals surface area (Å²) in [5, 5.41) is 9.03. The van der Waals surface area contributed by atoms with Crippen LogP contribution in [0.3, 0.4) is 0 Å². The molecule has 1 fully saturated rings. The fourth-order valence-electron chi connectivity index (χ4n) is 1.61. The van der Waals surface area contributed by atoms with Crippen molar-refractivity contribution in [1.29, 1.82) is 0 Å². The van der Waals surface area contributed by atoms with Crippen molar-refractivity contribution in [2.75, 3.05) is 20.1 Å². The molecule has 0 atom stereocenters. The zero-order chi connectivity index (χ0) is 10.8. The maximum atomic E-state index is 11.0. The molecular formula is C9H15NO4. The number of esters is 1. The fourth-order valence-corrected chi connectivity index (χ4v) is 1.61. The number of carbonyl (C=O) groups is 2. The number of piperidine rings is 1. The third-order valence-electron chi connectivity index (χ3n) is 2.52. The predicted molar refractivity (Wildman–Crippen MR) is 48.9 cm³/mol. The van der Waals surface area contributed by atoms with Crippen molar-refractivity contribution in [3.8, 4) is 0 Å². The van der Waals surface area contributed by atoms with E-state index >= 15 is 0 Å². The third-order valence-corrected chi connectivity index (χ3v) is 2.52. The molecule has 1 rings (SSSR count). The smallest absolute Gasteiger partial charge is 0.348 e. The normalized spacial score (nSPS) is 21.6. The lowest BCUT2D eigenvalue weighted by molar-refractivity contribution is -0.182. The third kappa shape index (κ3) is 2.23. The Labute approximate surface area is 82.6 Å². The number of carbonyl (C=O) groups excluding carboxylic acids is 1. The van der Waals surface area contributed by atoms with Gasteiger partial charge in [-0.3, -0.25) is 4.79 Å². The van der Waals surface area contributed by atoms with E-state index < -0.39 is 17.5 Å². The first-order valence-corrected chi connectivity index (χ1v) is 4.58. The molecule has 0 amide bonds. The average Bonchev–Trinajstić information content (AvgIpc) is 2.08. The summed E-state index contributed by atoms with van der Waals surface area (Å²) < 4.78 is 4.92. The molecule has 1 aliphatic rings. The highest BCUT2D eigenvalue weighted by molar-refractivity contribution is 5.81. The molecule has 5 heteroatoms. The Kier molecular flexibility index (Phi) is 3.10. The van der Waals surface area contributed by atoms with Crippen LogP contribution in [0.5, 0.6) is 0 Å². The van der Waals surface area contributed by atoms with Gasteiger partial charge in [0.15, 0.2) is 0 Å². The Morgan fingerprint density at radius 3 is 2.21 bits per heavy atom. The van der Waals surface area contributed by atoms with Gasteiger partial charge in [-0.1, -0.05) is 0 Å². The van der Waals surface area contributed by atoms with Crippen molar-refractivity contribution in [3.05, 3.63) is 0 Å². The summed E-state index contributed by atoms with van der Waals surface area (Å²) in [5.41, 5.74) is -1.29. The lowest BCUT2D eigenvalue weighted by Gasteiger charge is -2.36. The molecule has 1 N–H and O–H groups in total. The molecule has 1 aliphatic heterocycles. The Morgan fingerprint density at radius 1 is 1.36 bits per heavy atom. The van der Waals surface area contributed by atoms with Gasteiger partial charge in [-0.05, 0) is 7.05 Å². The van der Waals surface area contributed by atoms with E-state index in [2.05, 4.69) is 0 Å². The van der Waals surface area contributed by atoms with Crippen molar-refractivity contribution in [1.82, 2.24) is 4.90 Å². The number of hydrogen-bond acceptors (Lipinski definition) is 4. The highest BCUT2D eigenvalue weighted by Gasteiger charge is 2.44. The number of carboxylic acid groups (broad SMARTS) is 1. The number of hydrogen-bond donors (Lipinski definition) is 1. The molecule has 0 aromatic carbocycles. The van der Waals surface area contributed by atoms with Gasteiger partial charge < -0.3 is 14.7 Å². The van der Waals surface area contributed by atoms with E-state index in [1.54, 1.807) is 0 Å². The van der Waals surface area contributed by atoms with Gasteiger partial charge in [-0.25, -0.2) is 4.79 Å². The first kappa shape index (κ1) is 11.0. The summed E-state index contributed by atoms with van der Waals surface area (Å²) in [6.07, 6.45) is 0.719. The number of carboxylic acids is 1. The van der Waals surface area contributed by atoms with E-state index in [1.165, 1.54) is 6.92 Å². The summed E-state index contributed by atoms with van der Waals surface area (Å²) >= 11 is 0. The van der Waals surface area contributed by atoms with Crippen molar-refractivity contribution in [2.24, 2.45) is 0 Å². The first-order chi connectivity index (χ1) is 6.46. The van der Waals surface area contributed by atoms with Gasteiger partial charge in [-0.2, -0.15) is 0 Å². The van der Waals surface area contributed by atoms with Gasteiger partial charge in [0.25, 0.3) is 0 Å². The molecule has 0 bridgehead atoms. The minimum atomic E-state index is -1.29. The average molecular weight is 201 g/mol. The highest BCUT2D eigenvalue weighted by Crippen LogP contribution is 2.26. The van der Waals surface area contributed by atoms with E-state index in [-0.39, 0.29) is 0 Å². The molecule has 0 spiro atoms. The molecular weight excluding hydrogens is 186 g/mol. The summed E-state index contributed by atoms with van der Waals surface area (Å²) in [6.45, 7) is 2.52. The van der Waals surface area contributed by atoms with Gasteiger partial charge >= 0.3 is 11.9 Å². The lowest BCUT2D eigenvalue weighted by Crippen LogP contribution is -2.51. The van der Waals surface area contributed by atoms with Crippen molar-refractivity contribution in [3.63, 3.8) is 0 Å². The van der Waals surface area contributed by atoms with Crippen LogP contribution in [0.4, 0.5) is 0 Å². The first-order valence-electron chi connectivity index (χ1n) is 4.58. The quantitative estimate of drug-likeness (QED) is 0.642. The molecule has 0 radical (unpaired) electrons. The van der Waals surface area contributed by atoms with Gasteiger partial charge in [0, 0.05) is 32.9 Å². The SMILES string of the molecule is CC(=O)OC1(C(=O)O)CCN(C)CC1. The van der Waals surface area contributed by atoms with Crippen molar-refractivity contribution < 1.29 is 19.4 Å². The molecule has 80 valence electrons. The largest absolute Gasteiger partial charge is 0.478 e. The van der Waals surface area contributed by atoms with Gasteiger partial charge in [-0.15, -0.1) is 0 Å². The number of nitrogens with zero attached hydrogens (tertiary/aromatic N) is 1. The Hall–Kier alpha value is -1.10. The van der Waals surface area contributed by atoms with Crippen LogP contribution < -0.4 is 0 Å². The van der Waals surface area contributed by atoms with Crippen LogP contribution in [0.2, 0.25) is 0 Å². The standard InChI is InChI=1S/C9H15NO4/c1-7(11)14-9(8(12)13)3-5-10(2)6-4-9/h3-6H2,1-2H3,(H,12,13). The summed E-state index contributed by atoms with van der Waals surface area (Å²) in [7, 11) is 1.92. The molecule has 0 unspecified atom stereocenters. The molecule has 0 aromatic heterocycles.